The Morgan fingerprint density at radius 2 is 1.95 bits per heavy atom. The molecular formula is C16H17BrN4O. The van der Waals surface area contributed by atoms with E-state index in [2.05, 4.69) is 20.8 Å². The molecule has 0 amide bonds. The lowest BCUT2D eigenvalue weighted by Crippen LogP contribution is -2.05. The maximum absolute atomic E-state index is 9.44. The lowest BCUT2D eigenvalue weighted by atomic mass is 10.1. The van der Waals surface area contributed by atoms with Gasteiger partial charge in [0.2, 0.25) is 0 Å². The van der Waals surface area contributed by atoms with Crippen LogP contribution in [0.15, 0.2) is 24.3 Å². The minimum atomic E-state index is 0. The normalized spacial score (nSPS) is 14.4. The minimum absolute atomic E-state index is 0. The van der Waals surface area contributed by atoms with E-state index in [1.54, 1.807) is 30.3 Å². The number of halogens is 1. The first-order valence-corrected chi connectivity index (χ1v) is 7.11. The van der Waals surface area contributed by atoms with E-state index in [1.807, 2.05) is 0 Å². The van der Waals surface area contributed by atoms with E-state index in [4.69, 9.17) is 0 Å². The van der Waals surface area contributed by atoms with Crippen molar-refractivity contribution in [3.05, 3.63) is 41.5 Å². The first kappa shape index (κ1) is 16.2. The highest BCUT2D eigenvalue weighted by Crippen LogP contribution is 2.22. The van der Waals surface area contributed by atoms with Crippen LogP contribution in [0, 0.1) is 11.3 Å². The third kappa shape index (κ3) is 3.37. The number of allylic oxidation sites excluding steroid dienone is 1. The molecule has 0 spiro atoms. The second-order valence-corrected chi connectivity index (χ2v) is 5.16. The van der Waals surface area contributed by atoms with Gasteiger partial charge in [0.25, 0.3) is 0 Å². The van der Waals surface area contributed by atoms with Crippen LogP contribution in [0.4, 0.5) is 0 Å². The van der Waals surface area contributed by atoms with Gasteiger partial charge in [0.1, 0.15) is 17.6 Å². The summed E-state index contributed by atoms with van der Waals surface area (Å²) < 4.78 is 2.06. The van der Waals surface area contributed by atoms with Crippen molar-refractivity contribution >= 4 is 28.6 Å². The molecule has 0 unspecified atom stereocenters. The zero-order valence-corrected chi connectivity index (χ0v) is 13.8. The third-order valence-corrected chi connectivity index (χ3v) is 3.67. The van der Waals surface area contributed by atoms with Gasteiger partial charge in [-0.1, -0.05) is 18.6 Å². The number of fused-ring (bicyclic) bond motifs is 1. The number of aromatic nitrogens is 3. The van der Waals surface area contributed by atoms with Crippen molar-refractivity contribution in [1.82, 2.24) is 14.8 Å². The van der Waals surface area contributed by atoms with Crippen molar-refractivity contribution in [2.45, 2.75) is 32.2 Å². The van der Waals surface area contributed by atoms with E-state index in [0.29, 0.717) is 11.4 Å². The third-order valence-electron chi connectivity index (χ3n) is 3.67. The highest BCUT2D eigenvalue weighted by Gasteiger charge is 2.17. The predicted octanol–water partition coefficient (Wildman–Crippen LogP) is 3.35. The van der Waals surface area contributed by atoms with Gasteiger partial charge in [0, 0.05) is 13.0 Å². The molecule has 2 heterocycles. The van der Waals surface area contributed by atoms with E-state index in [1.165, 1.54) is 6.42 Å². The molecule has 114 valence electrons. The molecule has 3 rings (SSSR count). The standard InChI is InChI=1S/C16H16N4O.BrH/c17-11-13(10-12-5-7-14(21)8-6-12)16-19-18-15-4-2-1-3-9-20(15)16;/h5-8,10,21H,1-4,9H2;1H/b13-10+;. The Bertz CT molecular complexity index is 713. The molecule has 1 aliphatic heterocycles. The average molecular weight is 361 g/mol. The number of rotatable bonds is 2. The lowest BCUT2D eigenvalue weighted by Gasteiger charge is -2.05. The lowest BCUT2D eigenvalue weighted by molar-refractivity contribution is 0.475. The highest BCUT2D eigenvalue weighted by molar-refractivity contribution is 8.93. The molecule has 0 fully saturated rings. The van der Waals surface area contributed by atoms with E-state index in [-0.39, 0.29) is 22.7 Å². The Labute approximate surface area is 139 Å². The molecule has 0 atom stereocenters. The number of phenolic OH excluding ortho intramolecular Hbond substituents is 1. The number of hydrogen-bond donors (Lipinski definition) is 1. The number of aryl methyl sites for hydroxylation is 1. The zero-order chi connectivity index (χ0) is 14.7. The fourth-order valence-corrected chi connectivity index (χ4v) is 2.57. The van der Waals surface area contributed by atoms with Crippen LogP contribution >= 0.6 is 17.0 Å². The first-order chi connectivity index (χ1) is 10.3. The number of hydrogen-bond acceptors (Lipinski definition) is 4. The SMILES string of the molecule is Br.N#C/C(=C\c1ccc(O)cc1)c1nnc2n1CCCCC2. The maximum Gasteiger partial charge on any atom is 0.174 e. The quantitative estimate of drug-likeness (QED) is 0.833. The molecule has 6 heteroatoms. The summed E-state index contributed by atoms with van der Waals surface area (Å²) in [4.78, 5) is 0. The molecular weight excluding hydrogens is 344 g/mol. The van der Waals surface area contributed by atoms with Crippen molar-refractivity contribution in [2.75, 3.05) is 0 Å². The topological polar surface area (TPSA) is 74.7 Å². The van der Waals surface area contributed by atoms with Gasteiger partial charge >= 0.3 is 0 Å². The molecule has 1 N–H and O–H groups in total. The molecule has 0 aliphatic carbocycles. The molecule has 0 saturated heterocycles. The maximum atomic E-state index is 9.44. The Hall–Kier alpha value is -2.13. The van der Waals surface area contributed by atoms with Crippen molar-refractivity contribution in [2.24, 2.45) is 0 Å². The summed E-state index contributed by atoms with van der Waals surface area (Å²) in [5, 5.41) is 27.2. The van der Waals surface area contributed by atoms with Gasteiger partial charge < -0.3 is 9.67 Å². The Balaban J connectivity index is 0.00000176. The molecule has 1 aromatic heterocycles. The van der Waals surface area contributed by atoms with Crippen LogP contribution in [0.25, 0.3) is 11.6 Å². The second-order valence-electron chi connectivity index (χ2n) is 5.16. The van der Waals surface area contributed by atoms with E-state index >= 15 is 0 Å². The Morgan fingerprint density at radius 3 is 2.68 bits per heavy atom. The molecule has 1 aromatic carbocycles. The van der Waals surface area contributed by atoms with Gasteiger partial charge in [-0.3, -0.25) is 0 Å². The molecule has 22 heavy (non-hydrogen) atoms. The molecule has 0 saturated carbocycles. The van der Waals surface area contributed by atoms with E-state index in [9.17, 15) is 10.4 Å². The summed E-state index contributed by atoms with van der Waals surface area (Å²) in [6, 6.07) is 8.96. The van der Waals surface area contributed by atoms with Gasteiger partial charge in [-0.15, -0.1) is 27.2 Å². The van der Waals surface area contributed by atoms with E-state index in [0.717, 1.165) is 37.2 Å². The average Bonchev–Trinajstić information content (AvgIpc) is 2.75. The summed E-state index contributed by atoms with van der Waals surface area (Å²) in [5.74, 6) is 1.82. The molecule has 5 nitrogen and oxygen atoms in total. The van der Waals surface area contributed by atoms with E-state index < -0.39 is 0 Å². The second kappa shape index (κ2) is 7.23. The zero-order valence-electron chi connectivity index (χ0n) is 12.1. The summed E-state index contributed by atoms with van der Waals surface area (Å²) >= 11 is 0. The van der Waals surface area contributed by atoms with Crippen molar-refractivity contribution in [3.63, 3.8) is 0 Å². The summed E-state index contributed by atoms with van der Waals surface area (Å²) in [6.45, 7) is 0.867. The first-order valence-electron chi connectivity index (χ1n) is 7.11. The van der Waals surface area contributed by atoms with Crippen LogP contribution < -0.4 is 0 Å². The van der Waals surface area contributed by atoms with Crippen molar-refractivity contribution < 1.29 is 5.11 Å². The molecule has 0 radical (unpaired) electrons. The number of benzene rings is 1. The number of nitrogens with zero attached hydrogens (tertiary/aromatic N) is 4. The monoisotopic (exact) mass is 360 g/mol. The van der Waals surface area contributed by atoms with Gasteiger partial charge in [-0.05, 0) is 36.6 Å². The van der Waals surface area contributed by atoms with Crippen molar-refractivity contribution in [1.29, 1.82) is 5.26 Å². The molecule has 1 aliphatic rings. The van der Waals surface area contributed by atoms with Crippen LogP contribution in [0.5, 0.6) is 5.75 Å². The van der Waals surface area contributed by atoms with Crippen molar-refractivity contribution in [3.8, 4) is 11.8 Å². The minimum Gasteiger partial charge on any atom is -0.508 e. The molecule has 0 bridgehead atoms. The van der Waals surface area contributed by atoms with Crippen LogP contribution in [0.3, 0.4) is 0 Å². The number of nitriles is 1. The largest absolute Gasteiger partial charge is 0.508 e. The fraction of sp³-hybridized carbons (Fsp3) is 0.312. The van der Waals surface area contributed by atoms with Crippen LogP contribution in [-0.2, 0) is 13.0 Å². The molecule has 2 aromatic rings. The smallest absolute Gasteiger partial charge is 0.174 e. The van der Waals surface area contributed by atoms with Crippen LogP contribution in [-0.4, -0.2) is 19.9 Å². The van der Waals surface area contributed by atoms with Crippen LogP contribution in [0.1, 0.15) is 36.5 Å². The highest BCUT2D eigenvalue weighted by atomic mass is 79.9. The summed E-state index contributed by atoms with van der Waals surface area (Å²) in [6.07, 6.45) is 6.11. The Morgan fingerprint density at radius 1 is 1.18 bits per heavy atom. The number of aromatic hydroxyl groups is 1. The number of phenols is 1. The fourth-order valence-electron chi connectivity index (χ4n) is 2.57. The van der Waals surface area contributed by atoms with Gasteiger partial charge in [0.05, 0.1) is 5.57 Å². The Kier molecular flexibility index (Phi) is 5.34. The van der Waals surface area contributed by atoms with Gasteiger partial charge in [-0.25, -0.2) is 0 Å². The summed E-state index contributed by atoms with van der Waals surface area (Å²) in [7, 11) is 0. The van der Waals surface area contributed by atoms with Gasteiger partial charge in [-0.2, -0.15) is 5.26 Å². The summed E-state index contributed by atoms with van der Waals surface area (Å²) in [5.41, 5.74) is 1.36. The predicted molar refractivity (Wildman–Crippen MR) is 89.5 cm³/mol. The van der Waals surface area contributed by atoms with Gasteiger partial charge in [0.15, 0.2) is 5.82 Å². The van der Waals surface area contributed by atoms with Crippen LogP contribution in [0.2, 0.25) is 0 Å².